The molecule has 110 valence electrons. The number of hydrogen-bond acceptors (Lipinski definition) is 1. The van der Waals surface area contributed by atoms with Crippen molar-refractivity contribution in [1.82, 2.24) is 0 Å². The first-order chi connectivity index (χ1) is 9.79. The molecule has 2 rings (SSSR count). The molecule has 0 amide bonds. The smallest absolute Gasteiger partial charge is 0.135 e. The van der Waals surface area contributed by atoms with E-state index in [1.807, 2.05) is 6.92 Å². The average Bonchev–Trinajstić information content (AvgIpc) is 2.52. The van der Waals surface area contributed by atoms with Gasteiger partial charge in [0.15, 0.2) is 0 Å². The van der Waals surface area contributed by atoms with Gasteiger partial charge in [-0.15, -0.1) is 0 Å². The molecule has 2 unspecified atom stereocenters. The van der Waals surface area contributed by atoms with E-state index in [2.05, 4.69) is 30.3 Å². The lowest BCUT2D eigenvalue weighted by molar-refractivity contribution is -0.124. The third kappa shape index (κ3) is 4.77. The normalized spacial score (nSPS) is 22.6. The zero-order valence-corrected chi connectivity index (χ0v) is 12.8. The highest BCUT2D eigenvalue weighted by atomic mass is 16.1. The van der Waals surface area contributed by atoms with Crippen LogP contribution in [-0.2, 0) is 11.2 Å². The van der Waals surface area contributed by atoms with Crippen molar-refractivity contribution in [1.29, 1.82) is 0 Å². The van der Waals surface area contributed by atoms with Gasteiger partial charge in [0.25, 0.3) is 0 Å². The number of rotatable bonds is 7. The SMILES string of the molecule is CCC(=O)C1CCCC(CCCCc2ccccc2)C1. The van der Waals surface area contributed by atoms with Crippen LogP contribution in [0.15, 0.2) is 30.3 Å². The Hall–Kier alpha value is -1.11. The molecule has 0 saturated heterocycles. The second-order valence-corrected chi connectivity index (χ2v) is 6.28. The van der Waals surface area contributed by atoms with Crippen LogP contribution in [0.5, 0.6) is 0 Å². The molecule has 1 saturated carbocycles. The van der Waals surface area contributed by atoms with Crippen molar-refractivity contribution in [2.45, 2.75) is 64.7 Å². The van der Waals surface area contributed by atoms with Crippen LogP contribution in [0.3, 0.4) is 0 Å². The Bertz CT molecular complexity index is 395. The molecule has 1 aromatic carbocycles. The van der Waals surface area contributed by atoms with Gasteiger partial charge >= 0.3 is 0 Å². The minimum Gasteiger partial charge on any atom is -0.299 e. The third-order valence-electron chi connectivity index (χ3n) is 4.76. The van der Waals surface area contributed by atoms with Crippen LogP contribution in [0.2, 0.25) is 0 Å². The predicted molar refractivity (Wildman–Crippen MR) is 84.7 cm³/mol. The maximum atomic E-state index is 11.8. The molecule has 2 atom stereocenters. The largest absolute Gasteiger partial charge is 0.299 e. The quantitative estimate of drug-likeness (QED) is 0.625. The summed E-state index contributed by atoms with van der Waals surface area (Å²) in [6.45, 7) is 2.01. The molecule has 0 N–H and O–H groups in total. The van der Waals surface area contributed by atoms with Crippen molar-refractivity contribution in [3.05, 3.63) is 35.9 Å². The number of carbonyl (C=O) groups excluding carboxylic acids is 1. The molecule has 1 aromatic rings. The molecule has 1 aliphatic rings. The number of unbranched alkanes of at least 4 members (excludes halogenated alkanes) is 1. The first-order valence-corrected chi connectivity index (χ1v) is 8.36. The first-order valence-electron chi connectivity index (χ1n) is 8.36. The zero-order valence-electron chi connectivity index (χ0n) is 12.8. The second kappa shape index (κ2) is 8.24. The Morgan fingerprint density at radius 3 is 2.70 bits per heavy atom. The second-order valence-electron chi connectivity index (χ2n) is 6.28. The molecule has 0 radical (unpaired) electrons. The Labute approximate surface area is 123 Å². The molecule has 0 aromatic heterocycles. The summed E-state index contributed by atoms with van der Waals surface area (Å²) in [6.07, 6.45) is 10.8. The number of hydrogen-bond donors (Lipinski definition) is 0. The number of aryl methyl sites for hydroxylation is 1. The van der Waals surface area contributed by atoms with Crippen LogP contribution in [0.4, 0.5) is 0 Å². The van der Waals surface area contributed by atoms with Gasteiger partial charge in [-0.1, -0.05) is 62.9 Å². The van der Waals surface area contributed by atoms with E-state index in [9.17, 15) is 4.79 Å². The molecule has 0 bridgehead atoms. The summed E-state index contributed by atoms with van der Waals surface area (Å²) in [5, 5.41) is 0. The summed E-state index contributed by atoms with van der Waals surface area (Å²) < 4.78 is 0. The number of benzene rings is 1. The van der Waals surface area contributed by atoms with Crippen LogP contribution < -0.4 is 0 Å². The highest BCUT2D eigenvalue weighted by molar-refractivity contribution is 5.80. The highest BCUT2D eigenvalue weighted by Crippen LogP contribution is 2.33. The van der Waals surface area contributed by atoms with E-state index in [1.54, 1.807) is 0 Å². The predicted octanol–water partition coefficient (Wildman–Crippen LogP) is 5.18. The summed E-state index contributed by atoms with van der Waals surface area (Å²) in [5.74, 6) is 1.69. The standard InChI is InChI=1S/C19H28O/c1-2-19(20)18-14-8-13-17(15-18)12-7-6-11-16-9-4-3-5-10-16/h3-5,9-10,17-18H,2,6-8,11-15H2,1H3. The van der Waals surface area contributed by atoms with E-state index in [0.717, 1.165) is 25.2 Å². The fourth-order valence-corrected chi connectivity index (χ4v) is 3.54. The fourth-order valence-electron chi connectivity index (χ4n) is 3.54. The van der Waals surface area contributed by atoms with Crippen LogP contribution in [0.25, 0.3) is 0 Å². The van der Waals surface area contributed by atoms with Crippen LogP contribution in [-0.4, -0.2) is 5.78 Å². The Balaban J connectivity index is 1.65. The number of Topliss-reactive ketones (excluding diaryl/α,β-unsaturated/α-hetero) is 1. The molecule has 0 aliphatic heterocycles. The van der Waals surface area contributed by atoms with Crippen molar-refractivity contribution in [3.8, 4) is 0 Å². The van der Waals surface area contributed by atoms with Gasteiger partial charge in [-0.05, 0) is 37.2 Å². The first kappa shape index (κ1) is 15.3. The molecular weight excluding hydrogens is 244 g/mol. The van der Waals surface area contributed by atoms with Gasteiger partial charge in [0.05, 0.1) is 0 Å². The van der Waals surface area contributed by atoms with Gasteiger partial charge in [0.2, 0.25) is 0 Å². The van der Waals surface area contributed by atoms with Gasteiger partial charge in [-0.3, -0.25) is 4.79 Å². The van der Waals surface area contributed by atoms with Gasteiger partial charge in [-0.2, -0.15) is 0 Å². The van der Waals surface area contributed by atoms with E-state index in [4.69, 9.17) is 0 Å². The average molecular weight is 272 g/mol. The number of carbonyl (C=O) groups is 1. The molecule has 1 fully saturated rings. The summed E-state index contributed by atoms with van der Waals surface area (Å²) in [6, 6.07) is 10.8. The van der Waals surface area contributed by atoms with Crippen LogP contribution in [0, 0.1) is 11.8 Å². The summed E-state index contributed by atoms with van der Waals surface area (Å²) in [5.41, 5.74) is 1.45. The van der Waals surface area contributed by atoms with Crippen molar-refractivity contribution in [2.75, 3.05) is 0 Å². The van der Waals surface area contributed by atoms with E-state index in [0.29, 0.717) is 11.7 Å². The van der Waals surface area contributed by atoms with E-state index >= 15 is 0 Å². The van der Waals surface area contributed by atoms with Gasteiger partial charge in [-0.25, -0.2) is 0 Å². The summed E-state index contributed by atoms with van der Waals surface area (Å²) in [7, 11) is 0. The lowest BCUT2D eigenvalue weighted by Gasteiger charge is -2.28. The zero-order chi connectivity index (χ0) is 14.2. The Kier molecular flexibility index (Phi) is 6.29. The van der Waals surface area contributed by atoms with E-state index < -0.39 is 0 Å². The van der Waals surface area contributed by atoms with Crippen molar-refractivity contribution >= 4 is 5.78 Å². The molecule has 1 nitrogen and oxygen atoms in total. The topological polar surface area (TPSA) is 17.1 Å². The molecule has 0 spiro atoms. The molecule has 0 heterocycles. The van der Waals surface area contributed by atoms with Crippen molar-refractivity contribution in [2.24, 2.45) is 11.8 Å². The van der Waals surface area contributed by atoms with E-state index in [-0.39, 0.29) is 0 Å². The maximum absolute atomic E-state index is 11.8. The van der Waals surface area contributed by atoms with Crippen LogP contribution in [0.1, 0.15) is 63.9 Å². The summed E-state index contributed by atoms with van der Waals surface area (Å²) in [4.78, 5) is 11.8. The van der Waals surface area contributed by atoms with Gasteiger partial charge in [0.1, 0.15) is 5.78 Å². The van der Waals surface area contributed by atoms with Crippen molar-refractivity contribution in [3.63, 3.8) is 0 Å². The third-order valence-corrected chi connectivity index (χ3v) is 4.76. The molecule has 20 heavy (non-hydrogen) atoms. The minimum absolute atomic E-state index is 0.382. The minimum atomic E-state index is 0.382. The lowest BCUT2D eigenvalue weighted by atomic mass is 9.77. The van der Waals surface area contributed by atoms with E-state index in [1.165, 1.54) is 44.1 Å². The lowest BCUT2D eigenvalue weighted by Crippen LogP contribution is -2.22. The Morgan fingerprint density at radius 1 is 1.15 bits per heavy atom. The van der Waals surface area contributed by atoms with Crippen molar-refractivity contribution < 1.29 is 4.79 Å². The van der Waals surface area contributed by atoms with Gasteiger partial charge < -0.3 is 0 Å². The fraction of sp³-hybridized carbons (Fsp3) is 0.632. The summed E-state index contributed by atoms with van der Waals surface area (Å²) >= 11 is 0. The molecule has 1 heteroatoms. The molecule has 1 aliphatic carbocycles. The number of ketones is 1. The maximum Gasteiger partial charge on any atom is 0.135 e. The van der Waals surface area contributed by atoms with Crippen LogP contribution >= 0.6 is 0 Å². The monoisotopic (exact) mass is 272 g/mol. The van der Waals surface area contributed by atoms with Gasteiger partial charge in [0, 0.05) is 12.3 Å². The Morgan fingerprint density at radius 2 is 1.95 bits per heavy atom. The molecular formula is C19H28O. The highest BCUT2D eigenvalue weighted by Gasteiger charge is 2.25.